The fourth-order valence-electron chi connectivity index (χ4n) is 1.27. The molecule has 0 spiro atoms. The summed E-state index contributed by atoms with van der Waals surface area (Å²) in [5.41, 5.74) is 21.2. The molecule has 4 heteroatoms. The van der Waals surface area contributed by atoms with Gasteiger partial charge < -0.3 is 22.9 Å². The maximum Gasteiger partial charge on any atom is 0.0520 e. The van der Waals surface area contributed by atoms with E-state index in [-0.39, 0.29) is 6.17 Å². The van der Waals surface area contributed by atoms with E-state index in [2.05, 4.69) is 6.92 Å². The molecule has 0 saturated carbocycles. The Morgan fingerprint density at radius 3 is 1.56 bits per heavy atom. The van der Waals surface area contributed by atoms with Gasteiger partial charge in [-0.3, -0.25) is 0 Å². The second kappa shape index (κ2) is 17.2. The van der Waals surface area contributed by atoms with E-state index in [1.165, 1.54) is 32.1 Å². The molecule has 0 saturated heterocycles. The van der Waals surface area contributed by atoms with Crippen LogP contribution in [0.1, 0.15) is 58.3 Å². The van der Waals surface area contributed by atoms with Crippen molar-refractivity contribution < 1.29 is 0 Å². The Morgan fingerprint density at radius 1 is 0.750 bits per heavy atom. The molecule has 4 nitrogen and oxygen atoms in total. The molecule has 0 heterocycles. The van der Waals surface area contributed by atoms with Crippen LogP contribution in [0.15, 0.2) is 0 Å². The largest absolute Gasteiger partial charge is 0.330 e. The van der Waals surface area contributed by atoms with Crippen molar-refractivity contribution in [3.8, 4) is 0 Å². The summed E-state index contributed by atoms with van der Waals surface area (Å²) in [4.78, 5) is 0. The van der Waals surface area contributed by atoms with E-state index in [0.717, 1.165) is 32.4 Å². The minimum Gasteiger partial charge on any atom is -0.330 e. The maximum absolute atomic E-state index is 5.31. The first kappa shape index (κ1) is 18.2. The molecule has 0 aromatic heterocycles. The molecule has 0 unspecified atom stereocenters. The van der Waals surface area contributed by atoms with E-state index in [1.54, 1.807) is 0 Å². The Labute approximate surface area is 101 Å². The minimum absolute atomic E-state index is 0.0958. The molecular formula is C12H32N4. The van der Waals surface area contributed by atoms with Crippen molar-refractivity contribution in [1.82, 2.24) is 0 Å². The van der Waals surface area contributed by atoms with Crippen molar-refractivity contribution in [3.63, 3.8) is 0 Å². The third-order valence-electron chi connectivity index (χ3n) is 2.30. The van der Waals surface area contributed by atoms with Crippen molar-refractivity contribution in [1.29, 1.82) is 0 Å². The number of hydrogen-bond acceptors (Lipinski definition) is 4. The minimum atomic E-state index is -0.0958. The first-order valence-corrected chi connectivity index (χ1v) is 6.60. The highest BCUT2D eigenvalue weighted by Crippen LogP contribution is 1.97. The van der Waals surface area contributed by atoms with Crippen LogP contribution in [-0.4, -0.2) is 19.3 Å². The molecule has 0 amide bonds. The van der Waals surface area contributed by atoms with Crippen LogP contribution in [0.2, 0.25) is 0 Å². The molecule has 0 aliphatic rings. The van der Waals surface area contributed by atoms with Gasteiger partial charge in [-0.15, -0.1) is 0 Å². The summed E-state index contributed by atoms with van der Waals surface area (Å²) >= 11 is 0. The monoisotopic (exact) mass is 232 g/mol. The Hall–Kier alpha value is -0.160. The first-order chi connectivity index (χ1) is 7.68. The molecular weight excluding hydrogens is 200 g/mol. The zero-order valence-corrected chi connectivity index (χ0v) is 11.0. The number of unbranched alkanes of at least 4 members (excludes halogenated alkanes) is 5. The van der Waals surface area contributed by atoms with Gasteiger partial charge in [-0.05, 0) is 32.4 Å². The maximum atomic E-state index is 5.31. The third kappa shape index (κ3) is 23.6. The van der Waals surface area contributed by atoms with Gasteiger partial charge in [0, 0.05) is 0 Å². The van der Waals surface area contributed by atoms with Crippen LogP contribution < -0.4 is 22.9 Å². The Balaban J connectivity index is 0. The Bertz CT molecular complexity index is 101. The van der Waals surface area contributed by atoms with E-state index in [9.17, 15) is 0 Å². The normalized spacial score (nSPS) is 10.1. The van der Waals surface area contributed by atoms with Crippen LogP contribution in [0, 0.1) is 0 Å². The molecule has 8 N–H and O–H groups in total. The van der Waals surface area contributed by atoms with Crippen LogP contribution in [0.5, 0.6) is 0 Å². The van der Waals surface area contributed by atoms with Gasteiger partial charge in [0.1, 0.15) is 0 Å². The van der Waals surface area contributed by atoms with Crippen molar-refractivity contribution in [2.45, 2.75) is 64.5 Å². The topological polar surface area (TPSA) is 104 Å². The predicted molar refractivity (Wildman–Crippen MR) is 72.9 cm³/mol. The molecule has 0 fully saturated rings. The molecule has 0 aliphatic heterocycles. The van der Waals surface area contributed by atoms with Gasteiger partial charge in [0.2, 0.25) is 0 Å². The van der Waals surface area contributed by atoms with Crippen molar-refractivity contribution in [2.75, 3.05) is 13.1 Å². The number of nitrogens with two attached hydrogens (primary N) is 4. The van der Waals surface area contributed by atoms with Gasteiger partial charge in [-0.1, -0.05) is 39.0 Å². The van der Waals surface area contributed by atoms with E-state index in [0.29, 0.717) is 0 Å². The van der Waals surface area contributed by atoms with Crippen molar-refractivity contribution in [3.05, 3.63) is 0 Å². The van der Waals surface area contributed by atoms with Gasteiger partial charge in [0.25, 0.3) is 0 Å². The van der Waals surface area contributed by atoms with E-state index >= 15 is 0 Å². The SMILES string of the molecule is CCCCCC(N)N.NCCCCCCN. The molecule has 16 heavy (non-hydrogen) atoms. The standard InChI is InChI=1S/2C6H16N2/c1-2-3-4-5-6(7)8;7-5-3-1-2-4-6-8/h6H,2-5,7-8H2,1H3;1-8H2. The number of hydrogen-bond donors (Lipinski definition) is 4. The van der Waals surface area contributed by atoms with E-state index in [1.807, 2.05) is 0 Å². The van der Waals surface area contributed by atoms with Gasteiger partial charge in [-0.2, -0.15) is 0 Å². The summed E-state index contributed by atoms with van der Waals surface area (Å²) in [6.07, 6.45) is 9.34. The fourth-order valence-corrected chi connectivity index (χ4v) is 1.27. The van der Waals surface area contributed by atoms with Gasteiger partial charge >= 0.3 is 0 Å². The van der Waals surface area contributed by atoms with Gasteiger partial charge in [-0.25, -0.2) is 0 Å². The van der Waals surface area contributed by atoms with Gasteiger partial charge in [0.05, 0.1) is 6.17 Å². The average molecular weight is 232 g/mol. The van der Waals surface area contributed by atoms with Crippen LogP contribution in [-0.2, 0) is 0 Å². The van der Waals surface area contributed by atoms with Gasteiger partial charge in [0.15, 0.2) is 0 Å². The second-order valence-corrected chi connectivity index (χ2v) is 4.15. The smallest absolute Gasteiger partial charge is 0.0520 e. The van der Waals surface area contributed by atoms with Crippen LogP contribution in [0.4, 0.5) is 0 Å². The highest BCUT2D eigenvalue weighted by molar-refractivity contribution is 4.49. The lowest BCUT2D eigenvalue weighted by Gasteiger charge is -2.01. The molecule has 0 rings (SSSR count). The predicted octanol–water partition coefficient (Wildman–Crippen LogP) is 1.27. The average Bonchev–Trinajstić information content (AvgIpc) is 2.25. The molecule has 0 bridgehead atoms. The lowest BCUT2D eigenvalue weighted by atomic mass is 10.2. The van der Waals surface area contributed by atoms with Crippen molar-refractivity contribution in [2.24, 2.45) is 22.9 Å². The quantitative estimate of drug-likeness (QED) is 0.355. The highest BCUT2D eigenvalue weighted by Gasteiger charge is 1.90. The Morgan fingerprint density at radius 2 is 1.25 bits per heavy atom. The Kier molecular flexibility index (Phi) is 19.6. The number of rotatable bonds is 9. The summed E-state index contributed by atoms with van der Waals surface area (Å²) < 4.78 is 0. The van der Waals surface area contributed by atoms with E-state index in [4.69, 9.17) is 22.9 Å². The fraction of sp³-hybridized carbons (Fsp3) is 1.00. The summed E-state index contributed by atoms with van der Waals surface area (Å²) in [7, 11) is 0. The zero-order valence-electron chi connectivity index (χ0n) is 11.0. The molecule has 100 valence electrons. The lowest BCUT2D eigenvalue weighted by molar-refractivity contribution is 0.575. The molecule has 0 aliphatic carbocycles. The second-order valence-electron chi connectivity index (χ2n) is 4.15. The molecule has 0 aromatic carbocycles. The third-order valence-corrected chi connectivity index (χ3v) is 2.30. The lowest BCUT2D eigenvalue weighted by Crippen LogP contribution is -2.29. The van der Waals surface area contributed by atoms with Crippen LogP contribution >= 0.6 is 0 Å². The summed E-state index contributed by atoms with van der Waals surface area (Å²) in [6.45, 7) is 3.82. The molecule has 0 aromatic rings. The molecule has 0 radical (unpaired) electrons. The highest BCUT2D eigenvalue weighted by atomic mass is 14.8. The van der Waals surface area contributed by atoms with Crippen LogP contribution in [0.3, 0.4) is 0 Å². The van der Waals surface area contributed by atoms with E-state index < -0.39 is 0 Å². The summed E-state index contributed by atoms with van der Waals surface area (Å²) in [5.74, 6) is 0. The summed E-state index contributed by atoms with van der Waals surface area (Å²) in [5, 5.41) is 0. The molecule has 0 atom stereocenters. The van der Waals surface area contributed by atoms with Crippen molar-refractivity contribution >= 4 is 0 Å². The first-order valence-electron chi connectivity index (χ1n) is 6.60. The zero-order chi connectivity index (χ0) is 12.6. The van der Waals surface area contributed by atoms with Crippen LogP contribution in [0.25, 0.3) is 0 Å². The summed E-state index contributed by atoms with van der Waals surface area (Å²) in [6, 6.07) is 0.